The third-order valence-electron chi connectivity index (χ3n) is 5.16. The SMILES string of the molecule is O=C(CSc1nnnn1C1CC1)N(CCCN1CCOCC1)Cc1ccncc1. The lowest BCUT2D eigenvalue weighted by Gasteiger charge is -2.28. The van der Waals surface area contributed by atoms with Crippen LogP contribution in [0.3, 0.4) is 0 Å². The van der Waals surface area contributed by atoms with Gasteiger partial charge in [0.25, 0.3) is 0 Å². The second-order valence-corrected chi connectivity index (χ2v) is 8.35. The maximum atomic E-state index is 13.0. The number of aromatic nitrogens is 5. The average Bonchev–Trinajstić information content (AvgIpc) is 3.50. The van der Waals surface area contributed by atoms with E-state index in [9.17, 15) is 4.79 Å². The molecular weight excluding hydrogens is 390 g/mol. The Hall–Kier alpha value is -2.04. The standard InChI is InChI=1S/C19H27N7O2S/c27-18(15-29-19-21-22-23-26(19)17-2-3-17)25(14-16-4-6-20-7-5-16)9-1-8-24-10-12-28-13-11-24/h4-7,17H,1-3,8-15H2. The Labute approximate surface area is 174 Å². The van der Waals surface area contributed by atoms with E-state index in [1.807, 2.05) is 21.7 Å². The number of hydrogen-bond acceptors (Lipinski definition) is 8. The van der Waals surface area contributed by atoms with Crippen LogP contribution in [-0.4, -0.2) is 86.0 Å². The van der Waals surface area contributed by atoms with E-state index in [-0.39, 0.29) is 5.91 Å². The highest BCUT2D eigenvalue weighted by Crippen LogP contribution is 2.36. The van der Waals surface area contributed by atoms with Gasteiger partial charge in [-0.1, -0.05) is 11.8 Å². The van der Waals surface area contributed by atoms with Gasteiger partial charge in [-0.05, 0) is 47.4 Å². The molecule has 2 aromatic rings. The number of carbonyl (C=O) groups excluding carboxylic acids is 1. The number of rotatable bonds is 10. The van der Waals surface area contributed by atoms with Gasteiger partial charge in [0.05, 0.1) is 25.0 Å². The minimum Gasteiger partial charge on any atom is -0.379 e. The van der Waals surface area contributed by atoms with Gasteiger partial charge in [0.15, 0.2) is 0 Å². The minimum atomic E-state index is 0.110. The molecule has 1 saturated carbocycles. The van der Waals surface area contributed by atoms with Crippen molar-refractivity contribution >= 4 is 17.7 Å². The molecule has 4 rings (SSSR count). The summed E-state index contributed by atoms with van der Waals surface area (Å²) >= 11 is 1.43. The van der Waals surface area contributed by atoms with Crippen LogP contribution in [-0.2, 0) is 16.1 Å². The number of morpholine rings is 1. The lowest BCUT2D eigenvalue weighted by Crippen LogP contribution is -2.39. The summed E-state index contributed by atoms with van der Waals surface area (Å²) in [6, 6.07) is 4.33. The molecule has 0 bridgehead atoms. The summed E-state index contributed by atoms with van der Waals surface area (Å²) < 4.78 is 7.26. The van der Waals surface area contributed by atoms with Crippen LogP contribution in [0.15, 0.2) is 29.7 Å². The van der Waals surface area contributed by atoms with Crippen molar-refractivity contribution in [2.45, 2.75) is 37.0 Å². The fourth-order valence-corrected chi connectivity index (χ4v) is 4.20. The highest BCUT2D eigenvalue weighted by molar-refractivity contribution is 7.99. The second-order valence-electron chi connectivity index (χ2n) is 7.40. The minimum absolute atomic E-state index is 0.110. The molecule has 0 radical (unpaired) electrons. The van der Waals surface area contributed by atoms with Crippen molar-refractivity contribution in [1.82, 2.24) is 35.0 Å². The topological polar surface area (TPSA) is 89.3 Å². The predicted octanol–water partition coefficient (Wildman–Crippen LogP) is 1.25. The Bertz CT molecular complexity index is 778. The van der Waals surface area contributed by atoms with E-state index in [2.05, 4.69) is 25.4 Å². The molecule has 1 aliphatic carbocycles. The van der Waals surface area contributed by atoms with Crippen molar-refractivity contribution in [3.63, 3.8) is 0 Å². The lowest BCUT2D eigenvalue weighted by molar-refractivity contribution is -0.129. The predicted molar refractivity (Wildman–Crippen MR) is 108 cm³/mol. The highest BCUT2D eigenvalue weighted by atomic mass is 32.2. The zero-order valence-electron chi connectivity index (χ0n) is 16.5. The smallest absolute Gasteiger partial charge is 0.233 e. The number of pyridine rings is 1. The Kier molecular flexibility index (Phi) is 7.07. The van der Waals surface area contributed by atoms with Crippen molar-refractivity contribution in [2.24, 2.45) is 0 Å². The lowest BCUT2D eigenvalue weighted by atomic mass is 10.2. The van der Waals surface area contributed by atoms with Crippen LogP contribution in [0.5, 0.6) is 0 Å². The van der Waals surface area contributed by atoms with Gasteiger partial charge in [0.2, 0.25) is 11.1 Å². The molecule has 0 N–H and O–H groups in total. The van der Waals surface area contributed by atoms with Gasteiger partial charge in [0.1, 0.15) is 0 Å². The summed E-state index contributed by atoms with van der Waals surface area (Å²) in [4.78, 5) is 21.4. The van der Waals surface area contributed by atoms with Crippen molar-refractivity contribution in [2.75, 3.05) is 45.1 Å². The van der Waals surface area contributed by atoms with E-state index >= 15 is 0 Å². The molecule has 1 saturated heterocycles. The van der Waals surface area contributed by atoms with Crippen LogP contribution in [0.4, 0.5) is 0 Å². The van der Waals surface area contributed by atoms with Gasteiger partial charge in [-0.25, -0.2) is 4.68 Å². The van der Waals surface area contributed by atoms with E-state index in [0.717, 1.165) is 69.4 Å². The molecule has 2 fully saturated rings. The Morgan fingerprint density at radius 2 is 2.03 bits per heavy atom. The van der Waals surface area contributed by atoms with E-state index in [1.165, 1.54) is 11.8 Å². The largest absolute Gasteiger partial charge is 0.379 e. The second kappa shape index (κ2) is 10.1. The number of nitrogens with zero attached hydrogens (tertiary/aromatic N) is 7. The molecule has 2 aliphatic rings. The summed E-state index contributed by atoms with van der Waals surface area (Å²) in [5, 5.41) is 12.6. The zero-order valence-corrected chi connectivity index (χ0v) is 17.3. The van der Waals surface area contributed by atoms with Crippen molar-refractivity contribution in [3.8, 4) is 0 Å². The van der Waals surface area contributed by atoms with E-state index in [1.54, 1.807) is 12.4 Å². The summed E-state index contributed by atoms with van der Waals surface area (Å²) in [7, 11) is 0. The fraction of sp³-hybridized carbons (Fsp3) is 0.632. The number of thioether (sulfide) groups is 1. The molecule has 3 heterocycles. The van der Waals surface area contributed by atoms with Gasteiger partial charge in [-0.2, -0.15) is 0 Å². The van der Waals surface area contributed by atoms with Crippen LogP contribution in [0.25, 0.3) is 0 Å². The summed E-state index contributed by atoms with van der Waals surface area (Å²) in [6.07, 6.45) is 6.71. The summed E-state index contributed by atoms with van der Waals surface area (Å²) in [5.74, 6) is 0.453. The Morgan fingerprint density at radius 3 is 2.79 bits per heavy atom. The van der Waals surface area contributed by atoms with Crippen molar-refractivity contribution in [3.05, 3.63) is 30.1 Å². The number of carbonyl (C=O) groups is 1. The van der Waals surface area contributed by atoms with Gasteiger partial charge < -0.3 is 9.64 Å². The van der Waals surface area contributed by atoms with E-state index in [0.29, 0.717) is 18.3 Å². The molecule has 156 valence electrons. The van der Waals surface area contributed by atoms with Crippen molar-refractivity contribution in [1.29, 1.82) is 0 Å². The third kappa shape index (κ3) is 5.97. The molecule has 29 heavy (non-hydrogen) atoms. The van der Waals surface area contributed by atoms with Crippen LogP contribution < -0.4 is 0 Å². The average molecular weight is 418 g/mol. The number of ether oxygens (including phenoxy) is 1. The maximum Gasteiger partial charge on any atom is 0.233 e. The first kappa shape index (κ1) is 20.2. The quantitative estimate of drug-likeness (QED) is 0.534. The molecule has 1 aliphatic heterocycles. The molecular formula is C19H27N7O2S. The Balaban J connectivity index is 1.32. The first-order valence-corrected chi connectivity index (χ1v) is 11.2. The number of tetrazole rings is 1. The van der Waals surface area contributed by atoms with Gasteiger partial charge in [-0.15, -0.1) is 5.10 Å². The first-order chi connectivity index (χ1) is 14.3. The number of amides is 1. The van der Waals surface area contributed by atoms with E-state index < -0.39 is 0 Å². The molecule has 10 heteroatoms. The number of hydrogen-bond donors (Lipinski definition) is 0. The maximum absolute atomic E-state index is 13.0. The summed E-state index contributed by atoms with van der Waals surface area (Å²) in [6.45, 7) is 5.84. The van der Waals surface area contributed by atoms with Gasteiger partial charge in [0, 0.05) is 45.1 Å². The third-order valence-corrected chi connectivity index (χ3v) is 6.08. The highest BCUT2D eigenvalue weighted by Gasteiger charge is 2.28. The molecule has 1 amide bonds. The monoisotopic (exact) mass is 417 g/mol. The van der Waals surface area contributed by atoms with Crippen LogP contribution in [0.2, 0.25) is 0 Å². The fourth-order valence-electron chi connectivity index (χ4n) is 3.36. The molecule has 0 aromatic carbocycles. The molecule has 0 unspecified atom stereocenters. The van der Waals surface area contributed by atoms with E-state index in [4.69, 9.17) is 4.74 Å². The van der Waals surface area contributed by atoms with Gasteiger partial charge >= 0.3 is 0 Å². The van der Waals surface area contributed by atoms with Crippen molar-refractivity contribution < 1.29 is 9.53 Å². The summed E-state index contributed by atoms with van der Waals surface area (Å²) in [5.41, 5.74) is 1.09. The van der Waals surface area contributed by atoms with Crippen LogP contribution in [0, 0.1) is 0 Å². The molecule has 0 spiro atoms. The first-order valence-electron chi connectivity index (χ1n) is 10.2. The molecule has 9 nitrogen and oxygen atoms in total. The van der Waals surface area contributed by atoms with Crippen LogP contribution >= 0.6 is 11.8 Å². The van der Waals surface area contributed by atoms with Gasteiger partial charge in [-0.3, -0.25) is 14.7 Å². The normalized spacial score (nSPS) is 17.4. The molecule has 0 atom stereocenters. The zero-order chi connectivity index (χ0) is 19.9. The Morgan fingerprint density at radius 1 is 1.24 bits per heavy atom. The van der Waals surface area contributed by atoms with Crippen LogP contribution in [0.1, 0.15) is 30.9 Å². The molecule has 2 aromatic heterocycles.